The molecule has 2 aromatic heterocycles. The first kappa shape index (κ1) is 12.9. The molecule has 0 unspecified atom stereocenters. The van der Waals surface area contributed by atoms with Gasteiger partial charge in [-0.15, -0.1) is 11.3 Å². The standard InChI is InChI=1S/C12H14N4S2/c1-8-7-18-11(16-8)4-5-14-10-3-2-9(6-15-10)12(13)17/h2-3,6-7H,4-5H2,1H3,(H2,13,17)(H,14,15). The van der Waals surface area contributed by atoms with E-state index in [-0.39, 0.29) is 0 Å². The normalized spacial score (nSPS) is 10.3. The van der Waals surface area contributed by atoms with Crippen molar-refractivity contribution in [3.63, 3.8) is 0 Å². The van der Waals surface area contributed by atoms with Gasteiger partial charge in [-0.25, -0.2) is 9.97 Å². The summed E-state index contributed by atoms with van der Waals surface area (Å²) in [6, 6.07) is 3.74. The average Bonchev–Trinajstić information content (AvgIpc) is 2.76. The number of aromatic nitrogens is 2. The van der Waals surface area contributed by atoms with Crippen LogP contribution in [-0.2, 0) is 6.42 Å². The molecule has 0 atom stereocenters. The van der Waals surface area contributed by atoms with Crippen LogP contribution in [0.3, 0.4) is 0 Å². The van der Waals surface area contributed by atoms with Gasteiger partial charge in [0.1, 0.15) is 10.8 Å². The summed E-state index contributed by atoms with van der Waals surface area (Å²) in [4.78, 5) is 9.01. The second kappa shape index (κ2) is 5.88. The van der Waals surface area contributed by atoms with E-state index in [9.17, 15) is 0 Å². The molecule has 0 bridgehead atoms. The van der Waals surface area contributed by atoms with Crippen LogP contribution < -0.4 is 11.1 Å². The highest BCUT2D eigenvalue weighted by Gasteiger charge is 2.00. The molecule has 0 saturated heterocycles. The van der Waals surface area contributed by atoms with Crippen molar-refractivity contribution < 1.29 is 0 Å². The van der Waals surface area contributed by atoms with E-state index in [1.165, 1.54) is 0 Å². The van der Waals surface area contributed by atoms with Crippen molar-refractivity contribution in [2.45, 2.75) is 13.3 Å². The molecular weight excluding hydrogens is 264 g/mol. The number of thiazole rings is 1. The summed E-state index contributed by atoms with van der Waals surface area (Å²) in [5.74, 6) is 0.822. The van der Waals surface area contributed by atoms with Crippen LogP contribution in [0.5, 0.6) is 0 Å². The molecule has 0 spiro atoms. The first-order valence-electron chi connectivity index (χ1n) is 5.56. The van der Waals surface area contributed by atoms with E-state index in [2.05, 4.69) is 20.7 Å². The predicted molar refractivity (Wildman–Crippen MR) is 79.2 cm³/mol. The average molecular weight is 278 g/mol. The minimum absolute atomic E-state index is 0.368. The van der Waals surface area contributed by atoms with E-state index in [1.54, 1.807) is 17.5 Å². The number of hydrogen-bond acceptors (Lipinski definition) is 5. The number of hydrogen-bond donors (Lipinski definition) is 2. The SMILES string of the molecule is Cc1csc(CCNc2ccc(C(N)=S)cn2)n1. The molecule has 0 aliphatic heterocycles. The van der Waals surface area contributed by atoms with Crippen molar-refractivity contribution in [2.75, 3.05) is 11.9 Å². The fraction of sp³-hybridized carbons (Fsp3) is 0.250. The minimum Gasteiger partial charge on any atom is -0.389 e. The Bertz CT molecular complexity index is 533. The molecule has 3 N–H and O–H groups in total. The second-order valence-corrected chi connectivity index (χ2v) is 5.24. The molecule has 2 rings (SSSR count). The Balaban J connectivity index is 1.85. The van der Waals surface area contributed by atoms with E-state index < -0.39 is 0 Å². The topological polar surface area (TPSA) is 63.8 Å². The lowest BCUT2D eigenvalue weighted by atomic mass is 10.3. The molecule has 0 aliphatic carbocycles. The predicted octanol–water partition coefficient (Wildman–Crippen LogP) is 2.14. The first-order valence-corrected chi connectivity index (χ1v) is 6.84. The van der Waals surface area contributed by atoms with E-state index in [1.807, 2.05) is 19.1 Å². The largest absolute Gasteiger partial charge is 0.389 e. The maximum Gasteiger partial charge on any atom is 0.125 e. The summed E-state index contributed by atoms with van der Waals surface area (Å²) in [5, 5.41) is 6.44. The van der Waals surface area contributed by atoms with E-state index in [0.29, 0.717) is 4.99 Å². The van der Waals surface area contributed by atoms with Gasteiger partial charge >= 0.3 is 0 Å². The van der Waals surface area contributed by atoms with Crippen molar-refractivity contribution in [2.24, 2.45) is 5.73 Å². The van der Waals surface area contributed by atoms with Gasteiger partial charge in [-0.2, -0.15) is 0 Å². The molecule has 2 heterocycles. The van der Waals surface area contributed by atoms with Gasteiger partial charge in [0.15, 0.2) is 0 Å². The quantitative estimate of drug-likeness (QED) is 0.820. The summed E-state index contributed by atoms with van der Waals surface area (Å²) < 4.78 is 0. The maximum atomic E-state index is 5.51. The fourth-order valence-electron chi connectivity index (χ4n) is 1.46. The van der Waals surface area contributed by atoms with Gasteiger partial charge in [-0.05, 0) is 19.1 Å². The number of nitrogens with one attached hydrogen (secondary N) is 1. The molecule has 0 radical (unpaired) electrons. The van der Waals surface area contributed by atoms with Crippen molar-refractivity contribution >= 4 is 34.4 Å². The Hall–Kier alpha value is -1.53. The lowest BCUT2D eigenvalue weighted by Crippen LogP contribution is -2.11. The number of nitrogens with zero attached hydrogens (tertiary/aromatic N) is 2. The van der Waals surface area contributed by atoms with Crippen molar-refractivity contribution in [3.8, 4) is 0 Å². The van der Waals surface area contributed by atoms with Crippen LogP contribution >= 0.6 is 23.6 Å². The molecule has 94 valence electrons. The zero-order valence-corrected chi connectivity index (χ0v) is 11.6. The molecule has 0 aliphatic rings. The summed E-state index contributed by atoms with van der Waals surface area (Å²) in [6.07, 6.45) is 2.58. The van der Waals surface area contributed by atoms with Gasteiger partial charge in [0.05, 0.1) is 5.01 Å². The summed E-state index contributed by atoms with van der Waals surface area (Å²) >= 11 is 6.56. The van der Waals surface area contributed by atoms with Gasteiger partial charge in [0.25, 0.3) is 0 Å². The molecule has 0 amide bonds. The molecule has 0 fully saturated rings. The van der Waals surface area contributed by atoms with Crippen LogP contribution in [0.4, 0.5) is 5.82 Å². The van der Waals surface area contributed by atoms with Crippen LogP contribution in [0.15, 0.2) is 23.7 Å². The van der Waals surface area contributed by atoms with Crippen LogP contribution in [0, 0.1) is 6.92 Å². The number of nitrogens with two attached hydrogens (primary N) is 1. The Kier molecular flexibility index (Phi) is 4.22. The third-order valence-electron chi connectivity index (χ3n) is 2.36. The molecule has 6 heteroatoms. The third-order valence-corrected chi connectivity index (χ3v) is 3.62. The minimum atomic E-state index is 0.368. The molecular formula is C12H14N4S2. The van der Waals surface area contributed by atoms with Crippen LogP contribution in [0.25, 0.3) is 0 Å². The van der Waals surface area contributed by atoms with Gasteiger partial charge in [-0.1, -0.05) is 12.2 Å². The third kappa shape index (κ3) is 3.48. The summed E-state index contributed by atoms with van der Waals surface area (Å²) in [5.41, 5.74) is 7.37. The summed E-state index contributed by atoms with van der Waals surface area (Å²) in [6.45, 7) is 2.82. The maximum absolute atomic E-state index is 5.51. The molecule has 0 aromatic carbocycles. The van der Waals surface area contributed by atoms with E-state index >= 15 is 0 Å². The van der Waals surface area contributed by atoms with Crippen LogP contribution in [0.1, 0.15) is 16.3 Å². The number of rotatable bonds is 5. The van der Waals surface area contributed by atoms with Gasteiger partial charge < -0.3 is 11.1 Å². The zero-order valence-electron chi connectivity index (χ0n) is 10.0. The van der Waals surface area contributed by atoms with E-state index in [4.69, 9.17) is 18.0 Å². The highest BCUT2D eigenvalue weighted by atomic mass is 32.1. The fourth-order valence-corrected chi connectivity index (χ4v) is 2.36. The number of pyridine rings is 1. The number of anilines is 1. The lowest BCUT2D eigenvalue weighted by Gasteiger charge is -2.04. The first-order chi connectivity index (χ1) is 8.65. The number of thiocarbonyl (C=S) groups is 1. The smallest absolute Gasteiger partial charge is 0.125 e. The Morgan fingerprint density at radius 2 is 2.33 bits per heavy atom. The van der Waals surface area contributed by atoms with Crippen molar-refractivity contribution in [3.05, 3.63) is 40.0 Å². The molecule has 2 aromatic rings. The molecule has 4 nitrogen and oxygen atoms in total. The monoisotopic (exact) mass is 278 g/mol. The molecule has 0 saturated carbocycles. The number of aryl methyl sites for hydroxylation is 1. The highest BCUT2D eigenvalue weighted by molar-refractivity contribution is 7.80. The Morgan fingerprint density at radius 1 is 1.50 bits per heavy atom. The van der Waals surface area contributed by atoms with Gasteiger partial charge in [0.2, 0.25) is 0 Å². The highest BCUT2D eigenvalue weighted by Crippen LogP contribution is 2.10. The lowest BCUT2D eigenvalue weighted by molar-refractivity contribution is 0.978. The Morgan fingerprint density at radius 3 is 2.89 bits per heavy atom. The van der Waals surface area contributed by atoms with E-state index in [0.717, 1.165) is 35.0 Å². The zero-order chi connectivity index (χ0) is 13.0. The molecule has 18 heavy (non-hydrogen) atoms. The van der Waals surface area contributed by atoms with Crippen molar-refractivity contribution in [1.82, 2.24) is 9.97 Å². The van der Waals surface area contributed by atoms with Crippen molar-refractivity contribution in [1.29, 1.82) is 0 Å². The van der Waals surface area contributed by atoms with Gasteiger partial charge in [-0.3, -0.25) is 0 Å². The summed E-state index contributed by atoms with van der Waals surface area (Å²) in [7, 11) is 0. The Labute approximate surface area is 115 Å². The van der Waals surface area contributed by atoms with Crippen LogP contribution in [-0.4, -0.2) is 21.5 Å². The van der Waals surface area contributed by atoms with Gasteiger partial charge in [0, 0.05) is 35.8 Å². The van der Waals surface area contributed by atoms with Crippen LogP contribution in [0.2, 0.25) is 0 Å². The second-order valence-electron chi connectivity index (χ2n) is 3.86.